The molecule has 0 aromatic heterocycles. The third kappa shape index (κ3) is 5.32. The van der Waals surface area contributed by atoms with Gasteiger partial charge < -0.3 is 14.8 Å². The van der Waals surface area contributed by atoms with Crippen LogP contribution in [0.5, 0.6) is 11.5 Å². The molecule has 2 N–H and O–H groups in total. The van der Waals surface area contributed by atoms with Crippen molar-refractivity contribution in [3.8, 4) is 11.5 Å². The molecule has 0 unspecified atom stereocenters. The zero-order valence-corrected chi connectivity index (χ0v) is 16.1. The molecule has 0 spiro atoms. The topological polar surface area (TPSA) is 89.0 Å². The minimum Gasteiger partial charge on any atom is -0.493 e. The molecule has 0 saturated carbocycles. The van der Waals surface area contributed by atoms with Gasteiger partial charge in [0, 0.05) is 18.0 Å². The molecule has 0 saturated heterocycles. The number of methoxy groups -OCH3 is 1. The number of carbonyl (C=O) groups excluding carboxylic acids is 2. The normalized spacial score (nSPS) is 10.7. The van der Waals surface area contributed by atoms with Gasteiger partial charge in [0.05, 0.1) is 19.9 Å². The lowest BCUT2D eigenvalue weighted by molar-refractivity contribution is -0.132. The van der Waals surface area contributed by atoms with Crippen molar-refractivity contribution in [3.05, 3.63) is 66.2 Å². The molecule has 0 aliphatic carbocycles. The van der Waals surface area contributed by atoms with Gasteiger partial charge in [-0.2, -0.15) is 5.10 Å². The monoisotopic (exact) mass is 391 g/mol. The van der Waals surface area contributed by atoms with Gasteiger partial charge in [0.25, 0.3) is 5.91 Å². The molecular formula is C22H21N3O4. The summed E-state index contributed by atoms with van der Waals surface area (Å²) >= 11 is 0. The molecule has 0 bridgehead atoms. The third-order valence-electron chi connectivity index (χ3n) is 4.07. The van der Waals surface area contributed by atoms with E-state index < -0.39 is 5.97 Å². The number of rotatable bonds is 7. The van der Waals surface area contributed by atoms with Crippen molar-refractivity contribution in [3.63, 3.8) is 0 Å². The first-order chi connectivity index (χ1) is 14.1. The van der Waals surface area contributed by atoms with Gasteiger partial charge in [-0.1, -0.05) is 36.4 Å². The van der Waals surface area contributed by atoms with Gasteiger partial charge in [-0.25, -0.2) is 5.43 Å². The Balaban J connectivity index is 1.57. The van der Waals surface area contributed by atoms with E-state index in [1.54, 1.807) is 18.2 Å². The molecule has 0 aliphatic heterocycles. The van der Waals surface area contributed by atoms with Crippen molar-refractivity contribution in [1.82, 2.24) is 5.43 Å². The van der Waals surface area contributed by atoms with Crippen LogP contribution in [0.4, 0.5) is 5.69 Å². The minimum atomic E-state index is -0.435. The summed E-state index contributed by atoms with van der Waals surface area (Å²) in [5.74, 6) is 0.00179. The number of ether oxygens (including phenoxy) is 2. The first-order valence-corrected chi connectivity index (χ1v) is 8.97. The number of hydrogen-bond acceptors (Lipinski definition) is 6. The minimum absolute atomic E-state index is 0.0834. The maximum absolute atomic E-state index is 12.1. The number of hydrazone groups is 1. The lowest BCUT2D eigenvalue weighted by atomic mass is 10.1. The lowest BCUT2D eigenvalue weighted by Crippen LogP contribution is -2.25. The summed E-state index contributed by atoms with van der Waals surface area (Å²) in [4.78, 5) is 23.2. The summed E-state index contributed by atoms with van der Waals surface area (Å²) in [5, 5.41) is 9.23. The summed E-state index contributed by atoms with van der Waals surface area (Å²) in [7, 11) is 1.48. The van der Waals surface area contributed by atoms with Gasteiger partial charge in [-0.05, 0) is 35.2 Å². The summed E-state index contributed by atoms with van der Waals surface area (Å²) in [6.07, 6.45) is 1.48. The Kier molecular flexibility index (Phi) is 6.42. The van der Waals surface area contributed by atoms with Crippen LogP contribution in [0.2, 0.25) is 0 Å². The second-order valence-electron chi connectivity index (χ2n) is 6.18. The Labute approximate surface area is 168 Å². The van der Waals surface area contributed by atoms with Crippen molar-refractivity contribution in [2.75, 3.05) is 19.0 Å². The van der Waals surface area contributed by atoms with Crippen molar-refractivity contribution >= 4 is 34.6 Å². The van der Waals surface area contributed by atoms with E-state index in [2.05, 4.69) is 15.8 Å². The predicted molar refractivity (Wildman–Crippen MR) is 112 cm³/mol. The van der Waals surface area contributed by atoms with Crippen LogP contribution in [0.1, 0.15) is 12.5 Å². The zero-order chi connectivity index (χ0) is 20.6. The van der Waals surface area contributed by atoms with Crippen LogP contribution in [0.25, 0.3) is 10.8 Å². The van der Waals surface area contributed by atoms with Crippen LogP contribution in [0.3, 0.4) is 0 Å². The van der Waals surface area contributed by atoms with Crippen molar-refractivity contribution in [1.29, 1.82) is 0 Å². The third-order valence-corrected chi connectivity index (χ3v) is 4.07. The molecule has 0 atom stereocenters. The van der Waals surface area contributed by atoms with Gasteiger partial charge in [-0.3, -0.25) is 9.59 Å². The van der Waals surface area contributed by atoms with Crippen LogP contribution in [0.15, 0.2) is 65.8 Å². The van der Waals surface area contributed by atoms with Crippen LogP contribution >= 0.6 is 0 Å². The van der Waals surface area contributed by atoms with Crippen molar-refractivity contribution in [2.24, 2.45) is 5.10 Å². The first-order valence-electron chi connectivity index (χ1n) is 8.97. The van der Waals surface area contributed by atoms with E-state index in [9.17, 15) is 9.59 Å². The fourth-order valence-corrected chi connectivity index (χ4v) is 2.78. The van der Waals surface area contributed by atoms with Crippen LogP contribution in [-0.4, -0.2) is 31.7 Å². The number of esters is 1. The maximum atomic E-state index is 12.1. The number of nitrogens with zero attached hydrogens (tertiary/aromatic N) is 1. The van der Waals surface area contributed by atoms with Crippen LogP contribution in [0, 0.1) is 0 Å². The highest BCUT2D eigenvalue weighted by molar-refractivity contribution is 5.95. The molecule has 1 amide bonds. The van der Waals surface area contributed by atoms with Gasteiger partial charge in [-0.15, -0.1) is 0 Å². The van der Waals surface area contributed by atoms with Crippen molar-refractivity contribution < 1.29 is 19.1 Å². The summed E-state index contributed by atoms with van der Waals surface area (Å²) in [6.45, 7) is 1.40. The van der Waals surface area contributed by atoms with E-state index in [0.29, 0.717) is 17.1 Å². The summed E-state index contributed by atoms with van der Waals surface area (Å²) in [6, 6.07) is 18.8. The van der Waals surface area contributed by atoms with E-state index >= 15 is 0 Å². The first kappa shape index (κ1) is 19.9. The second kappa shape index (κ2) is 9.36. The SMILES string of the molecule is COc1cc(C=NNC(=O)CNc2cccc3ccccc23)ccc1OC(C)=O. The smallest absolute Gasteiger partial charge is 0.308 e. The number of carbonyl (C=O) groups is 2. The molecule has 3 aromatic rings. The van der Waals surface area contributed by atoms with E-state index in [4.69, 9.17) is 9.47 Å². The Bertz CT molecular complexity index is 1060. The molecular weight excluding hydrogens is 370 g/mol. The highest BCUT2D eigenvalue weighted by atomic mass is 16.6. The molecule has 7 nitrogen and oxygen atoms in total. The van der Waals surface area contributed by atoms with E-state index in [0.717, 1.165) is 16.5 Å². The molecule has 0 heterocycles. The van der Waals surface area contributed by atoms with Crippen LogP contribution < -0.4 is 20.2 Å². The molecule has 3 aromatic carbocycles. The van der Waals surface area contributed by atoms with Crippen LogP contribution in [-0.2, 0) is 9.59 Å². The van der Waals surface area contributed by atoms with Crippen molar-refractivity contribution in [2.45, 2.75) is 6.92 Å². The lowest BCUT2D eigenvalue weighted by Gasteiger charge is -2.09. The quantitative estimate of drug-likeness (QED) is 0.279. The number of amides is 1. The Hall–Kier alpha value is -3.87. The molecule has 29 heavy (non-hydrogen) atoms. The Morgan fingerprint density at radius 3 is 2.62 bits per heavy atom. The number of nitrogens with one attached hydrogen (secondary N) is 2. The highest BCUT2D eigenvalue weighted by Gasteiger charge is 2.07. The highest BCUT2D eigenvalue weighted by Crippen LogP contribution is 2.27. The fourth-order valence-electron chi connectivity index (χ4n) is 2.78. The average molecular weight is 391 g/mol. The number of benzene rings is 3. The molecule has 0 aliphatic rings. The molecule has 7 heteroatoms. The predicted octanol–water partition coefficient (Wildman–Crippen LogP) is 3.34. The van der Waals surface area contributed by atoms with Gasteiger partial charge in [0.2, 0.25) is 0 Å². The summed E-state index contributed by atoms with van der Waals surface area (Å²) in [5.41, 5.74) is 4.04. The second-order valence-corrected chi connectivity index (χ2v) is 6.18. The van der Waals surface area contributed by atoms with Gasteiger partial charge in [0.15, 0.2) is 11.5 Å². The average Bonchev–Trinajstić information content (AvgIpc) is 2.72. The van der Waals surface area contributed by atoms with Gasteiger partial charge in [0.1, 0.15) is 0 Å². The standard InChI is InChI=1S/C22H21N3O4/c1-15(26)29-20-11-10-16(12-21(20)28-2)13-24-25-22(27)14-23-19-9-5-7-17-6-3-4-8-18(17)19/h3-13,23H,14H2,1-2H3,(H,25,27). The summed E-state index contributed by atoms with van der Waals surface area (Å²) < 4.78 is 10.3. The molecule has 148 valence electrons. The fraction of sp³-hybridized carbons (Fsp3) is 0.136. The van der Waals surface area contributed by atoms with E-state index in [1.807, 2.05) is 42.5 Å². The number of fused-ring (bicyclic) bond motifs is 1. The van der Waals surface area contributed by atoms with Gasteiger partial charge >= 0.3 is 5.97 Å². The largest absolute Gasteiger partial charge is 0.493 e. The Morgan fingerprint density at radius 1 is 1.03 bits per heavy atom. The van der Waals surface area contributed by atoms with E-state index in [1.165, 1.54) is 20.2 Å². The molecule has 0 fully saturated rings. The molecule has 0 radical (unpaired) electrons. The number of anilines is 1. The zero-order valence-electron chi connectivity index (χ0n) is 16.1. The number of hydrogen-bond donors (Lipinski definition) is 2. The Morgan fingerprint density at radius 2 is 1.83 bits per heavy atom. The molecule has 3 rings (SSSR count). The maximum Gasteiger partial charge on any atom is 0.308 e. The van der Waals surface area contributed by atoms with E-state index in [-0.39, 0.29) is 12.5 Å².